The molecule has 11 heteroatoms. The highest BCUT2D eigenvalue weighted by Crippen LogP contribution is 2.28. The lowest BCUT2D eigenvalue weighted by atomic mass is 10.3. The maximum absolute atomic E-state index is 12.9. The second-order valence-corrected chi connectivity index (χ2v) is 9.36. The Morgan fingerprint density at radius 1 is 0.967 bits per heavy atom. The predicted molar refractivity (Wildman–Crippen MR) is 117 cm³/mol. The maximum Gasteiger partial charge on any atom is 0.244 e. The summed E-state index contributed by atoms with van der Waals surface area (Å²) in [4.78, 5) is 6.06. The molecule has 8 nitrogen and oxygen atoms in total. The Bertz CT molecular complexity index is 1120. The van der Waals surface area contributed by atoms with Gasteiger partial charge in [0.25, 0.3) is 0 Å². The summed E-state index contributed by atoms with van der Waals surface area (Å²) in [6, 6.07) is 11.8. The molecule has 1 aromatic carbocycles. The lowest BCUT2D eigenvalue weighted by Gasteiger charge is -2.34. The summed E-state index contributed by atoms with van der Waals surface area (Å²) in [6.45, 7) is 1.59. The Morgan fingerprint density at radius 2 is 1.77 bits per heavy atom. The van der Waals surface area contributed by atoms with Crippen molar-refractivity contribution in [1.29, 1.82) is 0 Å². The lowest BCUT2D eigenvalue weighted by molar-refractivity contribution is 0.383. The van der Waals surface area contributed by atoms with Gasteiger partial charge in [0.05, 0.1) is 16.9 Å². The van der Waals surface area contributed by atoms with Gasteiger partial charge in [-0.2, -0.15) is 4.31 Å². The molecule has 30 heavy (non-hydrogen) atoms. The summed E-state index contributed by atoms with van der Waals surface area (Å²) in [7, 11) is -3.72. The van der Waals surface area contributed by atoms with Crippen molar-refractivity contribution in [2.24, 2.45) is 0 Å². The van der Waals surface area contributed by atoms with Gasteiger partial charge in [-0.25, -0.2) is 8.42 Å². The first kappa shape index (κ1) is 20.8. The van der Waals surface area contributed by atoms with Gasteiger partial charge in [0, 0.05) is 37.4 Å². The quantitative estimate of drug-likeness (QED) is 0.617. The van der Waals surface area contributed by atoms with E-state index in [2.05, 4.69) is 20.5 Å². The zero-order valence-corrected chi connectivity index (χ0v) is 18.1. The number of anilines is 3. The number of benzene rings is 1. The Morgan fingerprint density at radius 3 is 2.43 bits per heavy atom. The van der Waals surface area contributed by atoms with Crippen molar-refractivity contribution >= 4 is 50.5 Å². The Hall–Kier alpha value is -2.46. The summed E-state index contributed by atoms with van der Waals surface area (Å²) in [6.07, 6.45) is 3.39. The van der Waals surface area contributed by atoms with Gasteiger partial charge < -0.3 is 10.2 Å². The second-order valence-electron chi connectivity index (χ2n) is 6.61. The van der Waals surface area contributed by atoms with Crippen LogP contribution in [-0.2, 0) is 10.0 Å². The minimum atomic E-state index is -3.72. The number of aromatic nitrogens is 3. The zero-order chi connectivity index (χ0) is 21.1. The molecule has 0 unspecified atom stereocenters. The average molecular weight is 465 g/mol. The number of hydrogen-bond donors (Lipinski definition) is 1. The summed E-state index contributed by atoms with van der Waals surface area (Å²) in [5.41, 5.74) is 0.818. The van der Waals surface area contributed by atoms with Gasteiger partial charge in [-0.1, -0.05) is 23.2 Å². The number of pyridine rings is 1. The van der Waals surface area contributed by atoms with Crippen LogP contribution in [0.2, 0.25) is 10.0 Å². The minimum Gasteiger partial charge on any atom is -0.352 e. The topological polar surface area (TPSA) is 91.3 Å². The summed E-state index contributed by atoms with van der Waals surface area (Å²) < 4.78 is 27.3. The standard InChI is InChI=1S/C19H18Cl2N6O2S/c20-14-3-4-16(21)17(12-14)30(28,29)27-10-8-26(9-11-27)19-6-5-18(24-25-19)23-15-2-1-7-22-13-15/h1-7,12-13H,8-11H2,(H,23,24). The third kappa shape index (κ3) is 4.49. The molecule has 0 bridgehead atoms. The van der Waals surface area contributed by atoms with Crippen LogP contribution in [0, 0.1) is 0 Å². The third-order valence-corrected chi connectivity index (χ3v) is 7.27. The minimum absolute atomic E-state index is 0.0238. The highest BCUT2D eigenvalue weighted by atomic mass is 35.5. The summed E-state index contributed by atoms with van der Waals surface area (Å²) in [5.74, 6) is 1.29. The molecule has 4 rings (SSSR count). The molecular weight excluding hydrogens is 447 g/mol. The molecule has 1 aliphatic heterocycles. The zero-order valence-electron chi connectivity index (χ0n) is 15.7. The number of hydrogen-bond acceptors (Lipinski definition) is 7. The lowest BCUT2D eigenvalue weighted by Crippen LogP contribution is -2.49. The van der Waals surface area contributed by atoms with Crippen molar-refractivity contribution in [1.82, 2.24) is 19.5 Å². The summed E-state index contributed by atoms with van der Waals surface area (Å²) in [5, 5.41) is 12.1. The van der Waals surface area contributed by atoms with Crippen molar-refractivity contribution in [3.63, 3.8) is 0 Å². The van der Waals surface area contributed by atoms with E-state index < -0.39 is 10.0 Å². The molecule has 3 aromatic rings. The average Bonchev–Trinajstić information content (AvgIpc) is 2.77. The number of rotatable bonds is 5. The van der Waals surface area contributed by atoms with Crippen molar-refractivity contribution < 1.29 is 8.42 Å². The number of piperazine rings is 1. The second kappa shape index (κ2) is 8.73. The summed E-state index contributed by atoms with van der Waals surface area (Å²) >= 11 is 12.0. The van der Waals surface area contributed by atoms with E-state index in [-0.39, 0.29) is 9.92 Å². The largest absolute Gasteiger partial charge is 0.352 e. The number of nitrogens with zero attached hydrogens (tertiary/aromatic N) is 5. The highest BCUT2D eigenvalue weighted by molar-refractivity contribution is 7.89. The molecular formula is C19H18Cl2N6O2S. The molecule has 1 saturated heterocycles. The highest BCUT2D eigenvalue weighted by Gasteiger charge is 2.30. The molecule has 3 heterocycles. The number of sulfonamides is 1. The first-order valence-corrected chi connectivity index (χ1v) is 11.3. The van der Waals surface area contributed by atoms with E-state index in [0.29, 0.717) is 42.8 Å². The van der Waals surface area contributed by atoms with Crippen molar-refractivity contribution in [3.8, 4) is 0 Å². The van der Waals surface area contributed by atoms with Crippen molar-refractivity contribution in [3.05, 3.63) is 64.9 Å². The van der Waals surface area contributed by atoms with E-state index in [1.807, 2.05) is 29.2 Å². The van der Waals surface area contributed by atoms with Gasteiger partial charge in [0.2, 0.25) is 10.0 Å². The molecule has 1 fully saturated rings. The van der Waals surface area contributed by atoms with Crippen LogP contribution >= 0.6 is 23.2 Å². The van der Waals surface area contributed by atoms with Crippen LogP contribution < -0.4 is 10.2 Å². The van der Waals surface area contributed by atoms with Gasteiger partial charge in [0.1, 0.15) is 4.90 Å². The fourth-order valence-electron chi connectivity index (χ4n) is 3.12. The van der Waals surface area contributed by atoms with E-state index in [1.165, 1.54) is 16.4 Å². The smallest absolute Gasteiger partial charge is 0.244 e. The molecule has 0 atom stereocenters. The monoisotopic (exact) mass is 464 g/mol. The molecule has 0 spiro atoms. The van der Waals surface area contributed by atoms with Crippen LogP contribution in [-0.4, -0.2) is 54.1 Å². The molecule has 2 aromatic heterocycles. The van der Waals surface area contributed by atoms with E-state index in [9.17, 15) is 8.42 Å². The molecule has 1 N–H and O–H groups in total. The van der Waals surface area contributed by atoms with Crippen molar-refractivity contribution in [2.75, 3.05) is 36.4 Å². The van der Waals surface area contributed by atoms with Gasteiger partial charge in [-0.05, 0) is 42.5 Å². The molecule has 0 radical (unpaired) electrons. The van der Waals surface area contributed by atoms with Crippen LogP contribution in [0.1, 0.15) is 0 Å². The molecule has 0 aliphatic carbocycles. The fraction of sp³-hybridized carbons (Fsp3) is 0.211. The molecule has 156 valence electrons. The van der Waals surface area contributed by atoms with Crippen molar-refractivity contribution in [2.45, 2.75) is 4.90 Å². The van der Waals surface area contributed by atoms with E-state index in [1.54, 1.807) is 18.5 Å². The first-order chi connectivity index (χ1) is 14.4. The van der Waals surface area contributed by atoms with E-state index in [4.69, 9.17) is 23.2 Å². The molecule has 0 amide bonds. The number of nitrogens with one attached hydrogen (secondary N) is 1. The Kier molecular flexibility index (Phi) is 6.05. The maximum atomic E-state index is 12.9. The van der Waals surface area contributed by atoms with E-state index >= 15 is 0 Å². The first-order valence-electron chi connectivity index (χ1n) is 9.14. The Balaban J connectivity index is 1.41. The molecule has 0 saturated carbocycles. The van der Waals surface area contributed by atoms with Crippen LogP contribution in [0.15, 0.2) is 59.8 Å². The SMILES string of the molecule is O=S(=O)(c1cc(Cl)ccc1Cl)N1CCN(c2ccc(Nc3cccnc3)nn2)CC1. The Labute approximate surface area is 184 Å². The molecule has 1 aliphatic rings. The van der Waals surface area contributed by atoms with Gasteiger partial charge >= 0.3 is 0 Å². The van der Waals surface area contributed by atoms with Crippen LogP contribution in [0.25, 0.3) is 0 Å². The predicted octanol–water partition coefficient (Wildman–Crippen LogP) is 3.43. The van der Waals surface area contributed by atoms with Gasteiger partial charge in [-0.15, -0.1) is 10.2 Å². The fourth-order valence-corrected chi connectivity index (χ4v) is 5.28. The van der Waals surface area contributed by atoms with Crippen LogP contribution in [0.4, 0.5) is 17.3 Å². The number of halogens is 2. The third-order valence-electron chi connectivity index (χ3n) is 4.66. The van der Waals surface area contributed by atoms with E-state index in [0.717, 1.165) is 5.69 Å². The van der Waals surface area contributed by atoms with Gasteiger partial charge in [-0.3, -0.25) is 4.98 Å². The van der Waals surface area contributed by atoms with Crippen LogP contribution in [0.3, 0.4) is 0 Å². The van der Waals surface area contributed by atoms with Gasteiger partial charge in [0.15, 0.2) is 11.6 Å². The van der Waals surface area contributed by atoms with Crippen LogP contribution in [0.5, 0.6) is 0 Å². The normalized spacial score (nSPS) is 15.2.